The molecule has 3 aliphatic carbocycles. The quantitative estimate of drug-likeness (QED) is 0.0910. The fourth-order valence-corrected chi connectivity index (χ4v) is 7.80. The van der Waals surface area contributed by atoms with Gasteiger partial charge in [-0.25, -0.2) is 9.69 Å². The van der Waals surface area contributed by atoms with Gasteiger partial charge in [-0.2, -0.15) is 0 Å². The van der Waals surface area contributed by atoms with E-state index in [2.05, 4.69) is 0 Å². The van der Waals surface area contributed by atoms with Crippen molar-refractivity contribution in [3.05, 3.63) is 141 Å². The number of hydrogen-bond donors (Lipinski definition) is 0. The number of para-hydroxylation sites is 1. The molecule has 2 amide bonds. The third kappa shape index (κ3) is 3.39. The normalized spacial score (nSPS) is 25.0. The van der Waals surface area contributed by atoms with Gasteiger partial charge in [0.1, 0.15) is 16.4 Å². The molecule has 42 heavy (non-hydrogen) atoms. The van der Waals surface area contributed by atoms with Crippen molar-refractivity contribution in [1.29, 1.82) is 0 Å². The van der Waals surface area contributed by atoms with E-state index in [-0.39, 0.29) is 29.1 Å². The molecule has 8 rings (SSSR count). The zero-order chi connectivity index (χ0) is 29.4. The maximum atomic E-state index is 14.1. The summed E-state index contributed by atoms with van der Waals surface area (Å²) in [6, 6.07) is 26.6. The Bertz CT molecular complexity index is 1720. The number of amides is 2. The number of hydrogen-bond acceptors (Lipinski definition) is 6. The van der Waals surface area contributed by atoms with Gasteiger partial charge in [-0.3, -0.25) is 19.7 Å². The molecule has 4 aliphatic rings. The number of carbonyl (C=O) groups excluding carboxylic acids is 3. The molecule has 1 saturated heterocycles. The maximum Gasteiger partial charge on any atom is 0.338 e. The van der Waals surface area contributed by atoms with Gasteiger partial charge in [0.05, 0.1) is 33.6 Å². The lowest BCUT2D eigenvalue weighted by Crippen LogP contribution is -2.57. The predicted octanol–water partition coefficient (Wildman–Crippen LogP) is 6.05. The summed E-state index contributed by atoms with van der Waals surface area (Å²) in [7, 11) is 0. The van der Waals surface area contributed by atoms with Gasteiger partial charge >= 0.3 is 5.97 Å². The minimum Gasteiger partial charge on any atom is -0.457 e. The summed E-state index contributed by atoms with van der Waals surface area (Å²) in [4.78, 5) is 50.1. The molecule has 1 aliphatic heterocycles. The summed E-state index contributed by atoms with van der Waals surface area (Å²) >= 11 is 14.9. The second-order valence-electron chi connectivity index (χ2n) is 10.5. The predicted molar refractivity (Wildman–Crippen MR) is 154 cm³/mol. The number of anilines is 1. The van der Waals surface area contributed by atoms with Crippen LogP contribution in [-0.2, 0) is 30.7 Å². The topological polar surface area (TPSA) is 107 Å². The Kier molecular flexibility index (Phi) is 5.80. The molecule has 0 radical (unpaired) electrons. The van der Waals surface area contributed by atoms with Crippen LogP contribution >= 0.6 is 23.2 Å². The van der Waals surface area contributed by atoms with Gasteiger partial charge < -0.3 is 4.74 Å². The van der Waals surface area contributed by atoms with Crippen molar-refractivity contribution in [2.75, 3.05) is 4.90 Å². The second kappa shape index (κ2) is 9.24. The number of nitro groups is 1. The maximum absolute atomic E-state index is 14.1. The highest BCUT2D eigenvalue weighted by molar-refractivity contribution is 6.38. The minimum absolute atomic E-state index is 0.149. The molecule has 1 fully saturated rings. The Labute approximate surface area is 249 Å². The number of esters is 1. The van der Waals surface area contributed by atoms with Gasteiger partial charge in [0.15, 0.2) is 0 Å². The molecule has 2 bridgehead atoms. The molecular formula is C32H20Cl2N2O6. The number of nitrogens with zero attached hydrogens (tertiary/aromatic N) is 2. The Balaban J connectivity index is 1.20. The molecule has 208 valence electrons. The minimum atomic E-state index is -1.29. The highest BCUT2D eigenvalue weighted by atomic mass is 35.5. The first kappa shape index (κ1) is 26.4. The van der Waals surface area contributed by atoms with Crippen molar-refractivity contribution in [3.63, 3.8) is 0 Å². The largest absolute Gasteiger partial charge is 0.457 e. The number of nitro benzene ring substituents is 1. The van der Waals surface area contributed by atoms with Crippen LogP contribution in [-0.4, -0.2) is 22.7 Å². The lowest BCUT2D eigenvalue weighted by Gasteiger charge is -2.54. The zero-order valence-corrected chi connectivity index (χ0v) is 23.2. The highest BCUT2D eigenvalue weighted by Gasteiger charge is 2.73. The van der Waals surface area contributed by atoms with E-state index in [4.69, 9.17) is 27.9 Å². The number of halogens is 2. The summed E-state index contributed by atoms with van der Waals surface area (Å²) < 4.78 is 5.30. The Morgan fingerprint density at radius 3 is 1.69 bits per heavy atom. The van der Waals surface area contributed by atoms with Crippen LogP contribution in [0.5, 0.6) is 0 Å². The molecule has 4 aromatic carbocycles. The molecule has 0 saturated carbocycles. The molecule has 8 nitrogen and oxygen atoms in total. The Morgan fingerprint density at radius 2 is 1.21 bits per heavy atom. The van der Waals surface area contributed by atoms with Crippen molar-refractivity contribution in [1.82, 2.24) is 0 Å². The lowest BCUT2D eigenvalue weighted by atomic mass is 9.54. The molecule has 2 atom stereocenters. The van der Waals surface area contributed by atoms with Crippen molar-refractivity contribution in [2.24, 2.45) is 11.8 Å². The van der Waals surface area contributed by atoms with E-state index >= 15 is 0 Å². The number of alkyl halides is 2. The van der Waals surface area contributed by atoms with Crippen molar-refractivity contribution < 1.29 is 24.0 Å². The summed E-state index contributed by atoms with van der Waals surface area (Å²) in [5.74, 6) is -3.54. The van der Waals surface area contributed by atoms with E-state index < -0.39 is 44.3 Å². The smallest absolute Gasteiger partial charge is 0.338 e. The van der Waals surface area contributed by atoms with E-state index in [0.29, 0.717) is 22.3 Å². The molecule has 0 spiro atoms. The van der Waals surface area contributed by atoms with Crippen molar-refractivity contribution in [3.8, 4) is 0 Å². The SMILES string of the molecule is O=C(OCc1ccccc1[N+](=O)[O-])c1ccc(N2C(=O)[C@H]3[C@H](C2=O)C2(Cl)c4ccccc4C3(Cl)c3ccccc32)cc1. The van der Waals surface area contributed by atoms with Gasteiger partial charge in [-0.05, 0) is 52.6 Å². The molecule has 0 unspecified atom stereocenters. The third-order valence-corrected chi connectivity index (χ3v) is 9.78. The molecule has 1 heterocycles. The van der Waals surface area contributed by atoms with Crippen LogP contribution < -0.4 is 4.90 Å². The molecule has 10 heteroatoms. The zero-order valence-electron chi connectivity index (χ0n) is 21.7. The first-order valence-electron chi connectivity index (χ1n) is 13.1. The first-order valence-corrected chi connectivity index (χ1v) is 13.9. The molecule has 0 aromatic heterocycles. The second-order valence-corrected chi connectivity index (χ2v) is 11.7. The van der Waals surface area contributed by atoms with Gasteiger partial charge in [-0.1, -0.05) is 60.7 Å². The number of benzene rings is 4. The van der Waals surface area contributed by atoms with Crippen LogP contribution in [0.15, 0.2) is 97.1 Å². The van der Waals surface area contributed by atoms with Crippen molar-refractivity contribution >= 4 is 52.4 Å². The monoisotopic (exact) mass is 598 g/mol. The molecular weight excluding hydrogens is 579 g/mol. The third-order valence-electron chi connectivity index (χ3n) is 8.49. The number of imide groups is 1. The first-order chi connectivity index (χ1) is 20.2. The summed E-state index contributed by atoms with van der Waals surface area (Å²) in [6.07, 6.45) is 0. The van der Waals surface area contributed by atoms with Gasteiger partial charge in [0.25, 0.3) is 5.69 Å². The Hall–Kier alpha value is -4.53. The van der Waals surface area contributed by atoms with Crippen LogP contribution in [0.25, 0.3) is 0 Å². The number of carbonyl (C=O) groups is 3. The molecule has 4 aromatic rings. The van der Waals surface area contributed by atoms with Gasteiger partial charge in [0.2, 0.25) is 11.8 Å². The van der Waals surface area contributed by atoms with Gasteiger partial charge in [0, 0.05) is 6.07 Å². The highest BCUT2D eigenvalue weighted by Crippen LogP contribution is 2.69. The Morgan fingerprint density at radius 1 is 0.762 bits per heavy atom. The molecule has 0 N–H and O–H groups in total. The van der Waals surface area contributed by atoms with E-state index in [1.54, 1.807) is 6.07 Å². The summed E-state index contributed by atoms with van der Waals surface area (Å²) in [5.41, 5.74) is 3.36. The van der Waals surface area contributed by atoms with Crippen molar-refractivity contribution in [2.45, 2.75) is 16.4 Å². The van der Waals surface area contributed by atoms with Gasteiger partial charge in [-0.15, -0.1) is 23.2 Å². The van der Waals surface area contributed by atoms with E-state index in [9.17, 15) is 24.5 Å². The fourth-order valence-electron chi connectivity index (χ4n) is 6.71. The average Bonchev–Trinajstić information content (AvgIpc) is 3.29. The van der Waals surface area contributed by atoms with Crippen LogP contribution in [0.1, 0.15) is 38.2 Å². The van der Waals surface area contributed by atoms with Crippen LogP contribution in [0.3, 0.4) is 0 Å². The van der Waals surface area contributed by atoms with Crippen LogP contribution in [0, 0.1) is 22.0 Å². The van der Waals surface area contributed by atoms with Crippen LogP contribution in [0.4, 0.5) is 11.4 Å². The summed E-state index contributed by atoms with van der Waals surface area (Å²) in [5, 5.41) is 11.2. The summed E-state index contributed by atoms with van der Waals surface area (Å²) in [6.45, 7) is -0.291. The van der Waals surface area contributed by atoms with E-state index in [1.807, 2.05) is 48.5 Å². The number of ether oxygens (including phenoxy) is 1. The average molecular weight is 599 g/mol. The van der Waals surface area contributed by atoms with E-state index in [1.165, 1.54) is 42.5 Å². The van der Waals surface area contributed by atoms with E-state index in [0.717, 1.165) is 4.90 Å². The van der Waals surface area contributed by atoms with Crippen LogP contribution in [0.2, 0.25) is 0 Å². The fraction of sp³-hybridized carbons (Fsp3) is 0.156. The lowest BCUT2D eigenvalue weighted by molar-refractivity contribution is -0.385. The standard InChI is InChI=1S/C32H20Cl2N2O6/c33-31-21-8-2-3-9-22(21)32(34,24-11-5-4-10-23(24)31)27-26(31)28(37)35(29(27)38)20-15-13-18(14-16-20)30(39)42-17-19-7-1-6-12-25(19)36(40)41/h1-16,26-27H,17H2/t26-,27-,31?,32?/m1/s1. The number of rotatable bonds is 5.